The molecule has 0 bridgehead atoms. The fraction of sp³-hybridized carbons (Fsp3) is 0.667. The van der Waals surface area contributed by atoms with E-state index in [9.17, 15) is 9.36 Å². The molecule has 8 heteroatoms. The summed E-state index contributed by atoms with van der Waals surface area (Å²) in [7, 11) is 0. The Morgan fingerprint density at radius 3 is 2.00 bits per heavy atom. The molecule has 35 heavy (non-hydrogen) atoms. The fourth-order valence-electron chi connectivity index (χ4n) is 3.59. The van der Waals surface area contributed by atoms with Gasteiger partial charge in [-0.1, -0.05) is 88.5 Å². The molecule has 1 aromatic rings. The van der Waals surface area contributed by atoms with Crippen molar-refractivity contribution in [1.29, 1.82) is 0 Å². The zero-order valence-electron chi connectivity index (χ0n) is 21.5. The first-order chi connectivity index (χ1) is 16.8. The molecular weight excluding hydrogens is 504 g/mol. The molecule has 0 amide bonds. The number of halogens is 2. The molecule has 1 unspecified atom stereocenters. The van der Waals surface area contributed by atoms with Gasteiger partial charge in [0.25, 0.3) is 0 Å². The van der Waals surface area contributed by atoms with Gasteiger partial charge in [-0.25, -0.2) is 9.65 Å². The highest BCUT2D eigenvalue weighted by Gasteiger charge is 2.28. The van der Waals surface area contributed by atoms with Crippen LogP contribution in [0.5, 0.6) is 5.75 Å². The van der Waals surface area contributed by atoms with Crippen molar-refractivity contribution in [2.75, 3.05) is 6.61 Å². The van der Waals surface area contributed by atoms with Crippen LogP contribution in [0.2, 0.25) is 5.02 Å². The van der Waals surface area contributed by atoms with Gasteiger partial charge in [-0.05, 0) is 63.3 Å². The molecule has 1 N–H and O–H groups in total. The van der Waals surface area contributed by atoms with Crippen molar-refractivity contribution in [3.8, 4) is 5.75 Å². The van der Waals surface area contributed by atoms with E-state index in [1.165, 1.54) is 70.6 Å². The number of hydrogen-bond donors (Lipinski definition) is 1. The summed E-state index contributed by atoms with van der Waals surface area (Å²) in [5, 5.41) is 3.04. The number of carbonyl (C=O) groups is 1. The van der Waals surface area contributed by atoms with Crippen molar-refractivity contribution in [1.82, 2.24) is 5.09 Å². The lowest BCUT2D eigenvalue weighted by Gasteiger charge is -2.18. The van der Waals surface area contributed by atoms with Crippen LogP contribution >= 0.6 is 29.7 Å². The predicted molar refractivity (Wildman–Crippen MR) is 149 cm³/mol. The van der Waals surface area contributed by atoms with Crippen LogP contribution in [0.25, 0.3) is 0 Å². The Balaban J connectivity index is 1.99. The van der Waals surface area contributed by atoms with Crippen molar-refractivity contribution in [3.05, 3.63) is 41.4 Å². The Morgan fingerprint density at radius 1 is 0.914 bits per heavy atom. The van der Waals surface area contributed by atoms with Gasteiger partial charge in [0.05, 0.1) is 6.61 Å². The van der Waals surface area contributed by atoms with E-state index in [2.05, 4.69) is 24.2 Å². The molecule has 0 saturated carbocycles. The zero-order chi connectivity index (χ0) is 25.8. The van der Waals surface area contributed by atoms with Crippen LogP contribution in [-0.2, 0) is 14.1 Å². The number of nitrogens with one attached hydrogen (secondary N) is 1. The molecule has 0 aliphatic carbocycles. The first-order valence-electron chi connectivity index (χ1n) is 13.2. The first-order valence-corrected chi connectivity index (χ1v) is 16.1. The second-order valence-corrected chi connectivity index (χ2v) is 12.2. The lowest BCUT2D eigenvalue weighted by Crippen LogP contribution is -2.33. The van der Waals surface area contributed by atoms with Crippen molar-refractivity contribution in [3.63, 3.8) is 0 Å². The molecular formula is C27H44Cl2NO4P. The summed E-state index contributed by atoms with van der Waals surface area (Å²) in [6, 6.07) is 5.45. The lowest BCUT2D eigenvalue weighted by atomic mass is 10.1. The van der Waals surface area contributed by atoms with Crippen molar-refractivity contribution in [2.24, 2.45) is 0 Å². The van der Waals surface area contributed by atoms with Gasteiger partial charge in [0.2, 0.25) is 0 Å². The molecule has 200 valence electrons. The van der Waals surface area contributed by atoms with Crippen LogP contribution in [-0.4, -0.2) is 18.6 Å². The summed E-state index contributed by atoms with van der Waals surface area (Å²) < 4.78 is 22.9. The van der Waals surface area contributed by atoms with Crippen LogP contribution < -0.4 is 9.61 Å². The van der Waals surface area contributed by atoms with Crippen LogP contribution in [0, 0.1) is 0 Å². The Morgan fingerprint density at radius 2 is 1.43 bits per heavy atom. The van der Waals surface area contributed by atoms with E-state index in [1.54, 1.807) is 31.2 Å². The summed E-state index contributed by atoms with van der Waals surface area (Å²) in [6.45, 7) is 0.403. The topological polar surface area (TPSA) is 64.6 Å². The summed E-state index contributed by atoms with van der Waals surface area (Å²) in [4.78, 5) is 12.1. The SMILES string of the molecule is CCCCCCCC/C=C\CCCCCCCCOC(=O)[C@H](C)NP(=O)(Cl)Oc1ccc(Cl)cc1. The molecule has 2 atom stereocenters. The minimum atomic E-state index is -3.74. The highest BCUT2D eigenvalue weighted by molar-refractivity contribution is 7.84. The van der Waals surface area contributed by atoms with Crippen molar-refractivity contribution < 1.29 is 18.6 Å². The standard InChI is InChI=1S/C27H44Cl2NO4P/c1-3-4-5-6-7-8-9-10-11-12-13-14-15-16-17-18-23-33-27(31)24(2)30-35(29,32)34-26-21-19-25(28)20-22-26/h10-11,19-22,24H,3-9,12-18,23H2,1-2H3,(H,30,32)/b11-10-/t24-,35?/m0/s1. The summed E-state index contributed by atoms with van der Waals surface area (Å²) in [6.07, 6.45) is 21.9. The van der Waals surface area contributed by atoms with Gasteiger partial charge in [-0.2, -0.15) is 0 Å². The molecule has 0 heterocycles. The Bertz CT molecular complexity index is 758. The van der Waals surface area contributed by atoms with Gasteiger partial charge < -0.3 is 9.26 Å². The second kappa shape index (κ2) is 20.1. The number of ether oxygens (including phenoxy) is 1. The number of unbranched alkanes of at least 4 members (excludes halogenated alkanes) is 12. The minimum Gasteiger partial charge on any atom is -0.465 e. The Labute approximate surface area is 222 Å². The third kappa shape index (κ3) is 18.0. The van der Waals surface area contributed by atoms with E-state index < -0.39 is 18.9 Å². The average Bonchev–Trinajstić information content (AvgIpc) is 2.82. The lowest BCUT2D eigenvalue weighted by molar-refractivity contribution is -0.145. The van der Waals surface area contributed by atoms with Crippen molar-refractivity contribution in [2.45, 2.75) is 110 Å². The van der Waals surface area contributed by atoms with Gasteiger partial charge in [0, 0.05) is 16.3 Å². The molecule has 0 aromatic heterocycles. The smallest absolute Gasteiger partial charge is 0.409 e. The monoisotopic (exact) mass is 547 g/mol. The quantitative estimate of drug-likeness (QED) is 0.0717. The van der Waals surface area contributed by atoms with Gasteiger partial charge in [0.15, 0.2) is 0 Å². The maximum absolute atomic E-state index is 12.4. The van der Waals surface area contributed by atoms with E-state index >= 15 is 0 Å². The number of allylic oxidation sites excluding steroid dienone is 2. The molecule has 0 aliphatic heterocycles. The van der Waals surface area contributed by atoms with Crippen molar-refractivity contribution >= 4 is 35.7 Å². The molecule has 1 rings (SSSR count). The van der Waals surface area contributed by atoms with E-state index in [0.29, 0.717) is 17.4 Å². The van der Waals surface area contributed by atoms with Crippen LogP contribution in [0.1, 0.15) is 104 Å². The predicted octanol–water partition coefficient (Wildman–Crippen LogP) is 9.62. The van der Waals surface area contributed by atoms with Gasteiger partial charge in [-0.3, -0.25) is 4.79 Å². The van der Waals surface area contributed by atoms with Gasteiger partial charge >= 0.3 is 12.8 Å². The Hall–Kier alpha value is -1.00. The van der Waals surface area contributed by atoms with E-state index in [-0.39, 0.29) is 0 Å². The molecule has 5 nitrogen and oxygen atoms in total. The average molecular weight is 549 g/mol. The Kier molecular flexibility index (Phi) is 18.4. The van der Waals surface area contributed by atoms with E-state index in [4.69, 9.17) is 32.1 Å². The summed E-state index contributed by atoms with van der Waals surface area (Å²) in [5.74, 6) is -0.205. The minimum absolute atomic E-state index is 0.296. The molecule has 0 saturated heterocycles. The number of rotatable bonds is 21. The maximum atomic E-state index is 12.4. The molecule has 0 fully saturated rings. The van der Waals surface area contributed by atoms with E-state index in [0.717, 1.165) is 19.3 Å². The second-order valence-electron chi connectivity index (χ2n) is 8.98. The highest BCUT2D eigenvalue weighted by atomic mass is 35.7. The number of benzene rings is 1. The third-order valence-electron chi connectivity index (χ3n) is 5.64. The van der Waals surface area contributed by atoms with Crippen LogP contribution in [0.3, 0.4) is 0 Å². The number of carbonyl (C=O) groups excluding carboxylic acids is 1. The summed E-state index contributed by atoms with van der Waals surface area (Å²) in [5.41, 5.74) is 0. The largest absolute Gasteiger partial charge is 0.465 e. The number of hydrogen-bond acceptors (Lipinski definition) is 4. The van der Waals surface area contributed by atoms with Gasteiger partial charge in [-0.15, -0.1) is 0 Å². The third-order valence-corrected chi connectivity index (χ3v) is 7.53. The highest BCUT2D eigenvalue weighted by Crippen LogP contribution is 2.48. The number of esters is 1. The summed E-state index contributed by atoms with van der Waals surface area (Å²) >= 11 is 11.7. The van der Waals surface area contributed by atoms with Crippen LogP contribution in [0.4, 0.5) is 0 Å². The molecule has 0 aliphatic rings. The van der Waals surface area contributed by atoms with E-state index in [1.807, 2.05) is 0 Å². The molecule has 0 spiro atoms. The van der Waals surface area contributed by atoms with Crippen LogP contribution in [0.15, 0.2) is 36.4 Å². The van der Waals surface area contributed by atoms with Gasteiger partial charge in [0.1, 0.15) is 11.8 Å². The molecule has 1 aromatic carbocycles. The fourth-order valence-corrected chi connectivity index (χ4v) is 5.41. The zero-order valence-corrected chi connectivity index (χ0v) is 23.9. The first kappa shape index (κ1) is 32.0. The maximum Gasteiger partial charge on any atom is 0.409 e. The normalized spacial score (nSPS) is 14.1. The molecule has 0 radical (unpaired) electrons.